The zero-order chi connectivity index (χ0) is 23.3. The Balaban J connectivity index is 1.23. The summed E-state index contributed by atoms with van der Waals surface area (Å²) in [6, 6.07) is 26.3. The van der Waals surface area contributed by atoms with E-state index in [0.29, 0.717) is 29.3 Å². The van der Waals surface area contributed by atoms with Gasteiger partial charge >= 0.3 is 0 Å². The topological polar surface area (TPSA) is 76.9 Å². The zero-order valence-corrected chi connectivity index (χ0v) is 19.4. The van der Waals surface area contributed by atoms with Gasteiger partial charge in [0.15, 0.2) is 10.9 Å². The lowest BCUT2D eigenvalue weighted by atomic mass is 10.1. The van der Waals surface area contributed by atoms with E-state index < -0.39 is 0 Å². The monoisotopic (exact) mass is 468 g/mol. The van der Waals surface area contributed by atoms with Crippen molar-refractivity contribution in [2.24, 2.45) is 0 Å². The molecule has 5 rings (SSSR count). The number of hydrogen-bond acceptors (Lipinski definition) is 5. The van der Waals surface area contributed by atoms with Crippen LogP contribution in [-0.2, 0) is 6.54 Å². The first kappa shape index (κ1) is 22.1. The molecule has 34 heavy (non-hydrogen) atoms. The molecular formula is C27H24N4O2S. The van der Waals surface area contributed by atoms with Gasteiger partial charge in [0.25, 0.3) is 5.91 Å². The lowest BCUT2D eigenvalue weighted by molar-refractivity contribution is 0.101. The molecule has 0 radical (unpaired) electrons. The molecule has 1 aliphatic carbocycles. The Labute approximate surface area is 202 Å². The van der Waals surface area contributed by atoms with E-state index in [1.165, 1.54) is 17.3 Å². The van der Waals surface area contributed by atoms with Gasteiger partial charge in [-0.05, 0) is 54.8 Å². The maximum absolute atomic E-state index is 12.8. The number of aromatic nitrogens is 3. The zero-order valence-electron chi connectivity index (χ0n) is 18.6. The van der Waals surface area contributed by atoms with Crippen molar-refractivity contribution in [2.75, 3.05) is 11.1 Å². The van der Waals surface area contributed by atoms with E-state index >= 15 is 0 Å². The van der Waals surface area contributed by atoms with Gasteiger partial charge in [-0.15, -0.1) is 10.2 Å². The lowest BCUT2D eigenvalue weighted by Gasteiger charge is -2.10. The normalized spacial score (nSPS) is 12.9. The molecule has 4 aromatic rings. The average Bonchev–Trinajstić information content (AvgIpc) is 3.65. The summed E-state index contributed by atoms with van der Waals surface area (Å²) < 4.78 is 2.15. The second-order valence-corrected chi connectivity index (χ2v) is 9.24. The Morgan fingerprint density at radius 2 is 1.53 bits per heavy atom. The van der Waals surface area contributed by atoms with E-state index in [4.69, 9.17) is 0 Å². The highest BCUT2D eigenvalue weighted by Crippen LogP contribution is 2.40. The minimum Gasteiger partial charge on any atom is -0.322 e. The molecule has 6 nitrogen and oxygen atoms in total. The summed E-state index contributed by atoms with van der Waals surface area (Å²) in [5.41, 5.74) is 3.02. The highest BCUT2D eigenvalue weighted by atomic mass is 32.2. The van der Waals surface area contributed by atoms with Gasteiger partial charge in [-0.3, -0.25) is 9.59 Å². The Morgan fingerprint density at radius 3 is 2.21 bits per heavy atom. The fourth-order valence-corrected chi connectivity index (χ4v) is 4.55. The van der Waals surface area contributed by atoms with Crippen molar-refractivity contribution in [1.82, 2.24) is 14.8 Å². The first-order valence-corrected chi connectivity index (χ1v) is 12.3. The smallest absolute Gasteiger partial charge is 0.255 e. The second kappa shape index (κ2) is 10.1. The summed E-state index contributed by atoms with van der Waals surface area (Å²) in [6.45, 7) is 0.700. The van der Waals surface area contributed by atoms with Crippen LogP contribution in [0.15, 0.2) is 90.1 Å². The molecule has 0 saturated heterocycles. The van der Waals surface area contributed by atoms with Crippen molar-refractivity contribution in [2.45, 2.75) is 30.5 Å². The molecule has 0 aliphatic heterocycles. The maximum Gasteiger partial charge on any atom is 0.255 e. The molecule has 0 spiro atoms. The van der Waals surface area contributed by atoms with Crippen LogP contribution in [0.5, 0.6) is 0 Å². The van der Waals surface area contributed by atoms with E-state index in [2.05, 4.69) is 32.2 Å². The summed E-state index contributed by atoms with van der Waals surface area (Å²) in [7, 11) is 0. The van der Waals surface area contributed by atoms with Crippen molar-refractivity contribution in [1.29, 1.82) is 0 Å². The predicted molar refractivity (Wildman–Crippen MR) is 133 cm³/mol. The third-order valence-corrected chi connectivity index (χ3v) is 6.67. The van der Waals surface area contributed by atoms with Crippen LogP contribution in [-0.4, -0.2) is 32.2 Å². The Hall–Kier alpha value is -3.71. The highest BCUT2D eigenvalue weighted by molar-refractivity contribution is 7.99. The van der Waals surface area contributed by atoms with Gasteiger partial charge in [0.05, 0.1) is 12.3 Å². The number of thioether (sulfide) groups is 1. The van der Waals surface area contributed by atoms with Gasteiger partial charge in [0, 0.05) is 22.7 Å². The molecule has 0 bridgehead atoms. The summed E-state index contributed by atoms with van der Waals surface area (Å²) >= 11 is 1.42. The minimum atomic E-state index is -0.181. The molecule has 1 aliphatic rings. The molecular weight excluding hydrogens is 444 g/mol. The first-order chi connectivity index (χ1) is 16.7. The number of amides is 1. The molecule has 0 unspecified atom stereocenters. The van der Waals surface area contributed by atoms with Crippen LogP contribution in [0.25, 0.3) is 0 Å². The number of rotatable bonds is 9. The number of ketones is 1. The van der Waals surface area contributed by atoms with E-state index in [-0.39, 0.29) is 17.4 Å². The quantitative estimate of drug-likeness (QED) is 0.262. The fraction of sp³-hybridized carbons (Fsp3) is 0.185. The van der Waals surface area contributed by atoms with Crippen LogP contribution >= 0.6 is 11.8 Å². The van der Waals surface area contributed by atoms with Gasteiger partial charge in [0.2, 0.25) is 0 Å². The SMILES string of the molecule is O=C(CSc1nnc(C2CC2)n1Cc1ccccc1)c1ccc(NC(=O)c2ccccc2)cc1. The number of anilines is 1. The standard InChI is InChI=1S/C27H24N4O2S/c32-24(20-13-15-23(16-14-20)28-26(33)22-9-5-2-6-10-22)18-34-27-30-29-25(21-11-12-21)31(27)17-19-7-3-1-4-8-19/h1-10,13-16,21H,11-12,17-18H2,(H,28,33). The number of Topliss-reactive ketones (excluding diaryl/α,β-unsaturated/α-hetero) is 1. The molecule has 1 heterocycles. The number of benzene rings is 3. The Bertz CT molecular complexity index is 1280. The molecule has 0 atom stereocenters. The second-order valence-electron chi connectivity index (χ2n) is 8.30. The van der Waals surface area contributed by atoms with Gasteiger partial charge in [-0.2, -0.15) is 0 Å². The number of hydrogen-bond donors (Lipinski definition) is 1. The van der Waals surface area contributed by atoms with Crippen molar-refractivity contribution in [3.05, 3.63) is 107 Å². The molecule has 1 N–H and O–H groups in total. The van der Waals surface area contributed by atoms with Crippen molar-refractivity contribution in [3.63, 3.8) is 0 Å². The predicted octanol–water partition coefficient (Wildman–Crippen LogP) is 5.43. The van der Waals surface area contributed by atoms with Crippen molar-refractivity contribution in [3.8, 4) is 0 Å². The number of nitrogens with zero attached hydrogens (tertiary/aromatic N) is 3. The molecule has 7 heteroatoms. The molecule has 1 aromatic heterocycles. The average molecular weight is 469 g/mol. The van der Waals surface area contributed by atoms with Gasteiger partial charge in [0.1, 0.15) is 5.82 Å². The van der Waals surface area contributed by atoms with Gasteiger partial charge in [-0.25, -0.2) is 0 Å². The van der Waals surface area contributed by atoms with Gasteiger partial charge < -0.3 is 9.88 Å². The molecule has 3 aromatic carbocycles. The molecule has 1 amide bonds. The van der Waals surface area contributed by atoms with Crippen LogP contribution in [0.3, 0.4) is 0 Å². The fourth-order valence-electron chi connectivity index (χ4n) is 3.71. The summed E-state index contributed by atoms with van der Waals surface area (Å²) in [6.07, 6.45) is 2.29. The summed E-state index contributed by atoms with van der Waals surface area (Å²) in [5, 5.41) is 12.4. The van der Waals surface area contributed by atoms with E-state index in [9.17, 15) is 9.59 Å². The third-order valence-electron chi connectivity index (χ3n) is 5.70. The van der Waals surface area contributed by atoms with Gasteiger partial charge in [-0.1, -0.05) is 60.3 Å². The van der Waals surface area contributed by atoms with E-state index in [0.717, 1.165) is 23.8 Å². The highest BCUT2D eigenvalue weighted by Gasteiger charge is 2.30. The largest absolute Gasteiger partial charge is 0.322 e. The lowest BCUT2D eigenvalue weighted by Crippen LogP contribution is -2.12. The molecule has 1 saturated carbocycles. The number of carbonyl (C=O) groups is 2. The number of carbonyl (C=O) groups excluding carboxylic acids is 2. The first-order valence-electron chi connectivity index (χ1n) is 11.3. The van der Waals surface area contributed by atoms with Crippen LogP contribution < -0.4 is 5.32 Å². The van der Waals surface area contributed by atoms with E-state index in [1.807, 2.05) is 36.4 Å². The van der Waals surface area contributed by atoms with Crippen molar-refractivity contribution >= 4 is 29.1 Å². The third kappa shape index (κ3) is 5.26. The van der Waals surface area contributed by atoms with Crippen molar-refractivity contribution < 1.29 is 9.59 Å². The van der Waals surface area contributed by atoms with E-state index in [1.54, 1.807) is 36.4 Å². The molecule has 1 fully saturated rings. The van der Waals surface area contributed by atoms with Crippen LogP contribution in [0.1, 0.15) is 50.9 Å². The summed E-state index contributed by atoms with van der Waals surface area (Å²) in [4.78, 5) is 25.1. The Kier molecular flexibility index (Phi) is 6.53. The Morgan fingerprint density at radius 1 is 0.853 bits per heavy atom. The van der Waals surface area contributed by atoms with Crippen LogP contribution in [0.4, 0.5) is 5.69 Å². The molecule has 170 valence electrons. The maximum atomic E-state index is 12.8. The van der Waals surface area contributed by atoms with Crippen LogP contribution in [0.2, 0.25) is 0 Å². The summed E-state index contributed by atoms with van der Waals surface area (Å²) in [5.74, 6) is 1.58. The minimum absolute atomic E-state index is 0.00756. The van der Waals surface area contributed by atoms with Crippen LogP contribution in [0, 0.1) is 0 Å². The number of nitrogens with one attached hydrogen (secondary N) is 1.